The third-order valence-corrected chi connectivity index (χ3v) is 2.50. The maximum atomic E-state index is 10.7. The Morgan fingerprint density at radius 1 is 1.53 bits per heavy atom. The lowest BCUT2D eigenvalue weighted by atomic mass is 10.3. The highest BCUT2D eigenvalue weighted by Crippen LogP contribution is 2.23. The van der Waals surface area contributed by atoms with Gasteiger partial charge in [-0.15, -0.1) is 16.5 Å². The monoisotopic (exact) mass is 221 g/mol. The second kappa shape index (κ2) is 4.11. The van der Waals surface area contributed by atoms with Crippen LogP contribution in [0.4, 0.5) is 10.5 Å². The number of carbonyl (C=O) groups is 1. The molecule has 76 valence electrons. The van der Waals surface area contributed by atoms with Crippen molar-refractivity contribution in [3.8, 4) is 0 Å². The summed E-state index contributed by atoms with van der Waals surface area (Å²) in [6, 6.07) is 4.70. The molecule has 0 aliphatic rings. The molecule has 0 saturated heterocycles. The van der Waals surface area contributed by atoms with Crippen molar-refractivity contribution < 1.29 is 4.79 Å². The first-order valence-electron chi connectivity index (χ1n) is 4.05. The molecule has 7 heteroatoms. The van der Waals surface area contributed by atoms with Crippen molar-refractivity contribution in [2.45, 2.75) is 0 Å². The number of rotatable bonds is 1. The Bertz CT molecular complexity index is 520. The number of nitrogens with one attached hydrogen (secondary N) is 1. The van der Waals surface area contributed by atoms with Crippen LogP contribution in [0, 0.1) is 0 Å². The number of urea groups is 1. The van der Waals surface area contributed by atoms with Gasteiger partial charge in [0.25, 0.3) is 0 Å². The fourth-order valence-electron chi connectivity index (χ4n) is 1.04. The van der Waals surface area contributed by atoms with E-state index in [9.17, 15) is 4.79 Å². The van der Waals surface area contributed by atoms with Crippen LogP contribution < -0.4 is 11.3 Å². The van der Waals surface area contributed by atoms with Crippen LogP contribution in [-0.2, 0) is 0 Å². The molecular formula is C8H7N5OS. The number of fused-ring (bicyclic) bond motifs is 1. The van der Waals surface area contributed by atoms with Crippen LogP contribution in [0.2, 0.25) is 0 Å². The summed E-state index contributed by atoms with van der Waals surface area (Å²) in [4.78, 5) is 14.8. The molecule has 0 radical (unpaired) electrons. The Morgan fingerprint density at radius 2 is 2.40 bits per heavy atom. The molecule has 2 amide bonds. The van der Waals surface area contributed by atoms with Crippen molar-refractivity contribution >= 4 is 33.3 Å². The minimum atomic E-state index is -0.687. The van der Waals surface area contributed by atoms with Gasteiger partial charge in [-0.05, 0) is 18.2 Å². The number of nitrogens with two attached hydrogens (primary N) is 1. The molecule has 1 aromatic heterocycles. The van der Waals surface area contributed by atoms with E-state index in [-0.39, 0.29) is 0 Å². The Labute approximate surface area is 88.8 Å². The highest BCUT2D eigenvalue weighted by molar-refractivity contribution is 7.16. The van der Waals surface area contributed by atoms with Gasteiger partial charge < -0.3 is 0 Å². The summed E-state index contributed by atoms with van der Waals surface area (Å²) >= 11 is 1.54. The fraction of sp³-hybridized carbons (Fsp3) is 0. The average Bonchev–Trinajstić information content (AvgIpc) is 2.72. The molecule has 6 nitrogen and oxygen atoms in total. The van der Waals surface area contributed by atoms with Crippen LogP contribution in [-0.4, -0.2) is 11.0 Å². The largest absolute Gasteiger partial charge is 0.373 e. The summed E-state index contributed by atoms with van der Waals surface area (Å²) in [5.41, 5.74) is 5.01. The first kappa shape index (κ1) is 9.69. The normalized spacial score (nSPS) is 11.0. The van der Waals surface area contributed by atoms with Gasteiger partial charge in [-0.25, -0.2) is 15.6 Å². The minimum Gasteiger partial charge on any atom is -0.273 e. The van der Waals surface area contributed by atoms with Gasteiger partial charge in [-0.2, -0.15) is 0 Å². The van der Waals surface area contributed by atoms with Gasteiger partial charge >= 0.3 is 6.03 Å². The first-order valence-corrected chi connectivity index (χ1v) is 4.93. The smallest absolute Gasteiger partial charge is 0.273 e. The molecule has 0 aliphatic carbocycles. The number of aromatic nitrogens is 1. The number of hydrazine groups is 1. The molecule has 15 heavy (non-hydrogen) atoms. The molecule has 0 bridgehead atoms. The van der Waals surface area contributed by atoms with E-state index in [1.165, 1.54) is 0 Å². The number of hydrogen-bond donors (Lipinski definition) is 2. The summed E-state index contributed by atoms with van der Waals surface area (Å²) in [6.07, 6.45) is 0. The summed E-state index contributed by atoms with van der Waals surface area (Å²) < 4.78 is 1.07. The number of hydrogen-bond acceptors (Lipinski definition) is 5. The summed E-state index contributed by atoms with van der Waals surface area (Å²) in [5, 5.41) is 7.03. The fourth-order valence-corrected chi connectivity index (χ4v) is 1.70. The molecule has 1 aromatic carbocycles. The number of benzene rings is 1. The van der Waals surface area contributed by atoms with Gasteiger partial charge in [0, 0.05) is 0 Å². The Balaban J connectivity index is 2.28. The van der Waals surface area contributed by atoms with Gasteiger partial charge in [-0.1, -0.05) is 5.11 Å². The lowest BCUT2D eigenvalue weighted by Gasteiger charge is -1.91. The van der Waals surface area contributed by atoms with Crippen LogP contribution in [0.1, 0.15) is 0 Å². The van der Waals surface area contributed by atoms with E-state index in [2.05, 4.69) is 15.2 Å². The van der Waals surface area contributed by atoms with Gasteiger partial charge in [0.05, 0.1) is 21.4 Å². The molecule has 0 aliphatic heterocycles. The molecule has 0 spiro atoms. The predicted octanol–water partition coefficient (Wildman–Crippen LogP) is 1.96. The molecule has 0 atom stereocenters. The Kier molecular flexibility index (Phi) is 2.66. The lowest BCUT2D eigenvalue weighted by molar-refractivity contribution is 0.248. The van der Waals surface area contributed by atoms with Gasteiger partial charge in [0.1, 0.15) is 0 Å². The van der Waals surface area contributed by atoms with Crippen molar-refractivity contribution in [1.82, 2.24) is 10.4 Å². The molecule has 2 rings (SSSR count). The van der Waals surface area contributed by atoms with Crippen LogP contribution in [0.5, 0.6) is 0 Å². The zero-order valence-corrected chi connectivity index (χ0v) is 8.36. The highest BCUT2D eigenvalue weighted by atomic mass is 32.1. The van der Waals surface area contributed by atoms with Crippen molar-refractivity contribution in [1.29, 1.82) is 0 Å². The minimum absolute atomic E-state index is 0.567. The molecule has 2 aromatic rings. The van der Waals surface area contributed by atoms with Crippen LogP contribution in [0.3, 0.4) is 0 Å². The van der Waals surface area contributed by atoms with Crippen LogP contribution in [0.15, 0.2) is 33.9 Å². The van der Waals surface area contributed by atoms with Crippen molar-refractivity contribution in [2.24, 2.45) is 16.1 Å². The van der Waals surface area contributed by atoms with E-state index >= 15 is 0 Å². The van der Waals surface area contributed by atoms with Crippen molar-refractivity contribution in [3.63, 3.8) is 0 Å². The quantitative estimate of drug-likeness (QED) is 0.333. The SMILES string of the molecule is NNC(=O)N=Nc1ccc2scnc2c1. The Morgan fingerprint density at radius 3 is 3.20 bits per heavy atom. The van der Waals surface area contributed by atoms with Crippen molar-refractivity contribution in [2.75, 3.05) is 0 Å². The Hall–Kier alpha value is -1.86. The lowest BCUT2D eigenvalue weighted by Crippen LogP contribution is -2.26. The average molecular weight is 221 g/mol. The zero-order chi connectivity index (χ0) is 10.7. The summed E-state index contributed by atoms with van der Waals surface area (Å²) in [5.74, 6) is 4.85. The highest BCUT2D eigenvalue weighted by Gasteiger charge is 1.98. The number of amides is 2. The second-order valence-electron chi connectivity index (χ2n) is 2.65. The van der Waals surface area contributed by atoms with Gasteiger partial charge in [-0.3, -0.25) is 5.43 Å². The number of nitrogens with zero attached hydrogens (tertiary/aromatic N) is 3. The molecule has 3 N–H and O–H groups in total. The maximum absolute atomic E-state index is 10.7. The summed E-state index contributed by atoms with van der Waals surface area (Å²) in [6.45, 7) is 0. The van der Waals surface area contributed by atoms with Crippen LogP contribution in [0.25, 0.3) is 10.2 Å². The maximum Gasteiger partial charge on any atom is 0.373 e. The molecular weight excluding hydrogens is 214 g/mol. The van der Waals surface area contributed by atoms with E-state index in [1.54, 1.807) is 29.0 Å². The molecule has 1 heterocycles. The van der Waals surface area contributed by atoms with Crippen LogP contribution >= 0.6 is 11.3 Å². The number of carbonyl (C=O) groups excluding carboxylic acids is 1. The van der Waals surface area contributed by atoms with Crippen molar-refractivity contribution in [3.05, 3.63) is 23.7 Å². The first-order chi connectivity index (χ1) is 7.29. The standard InChI is InChI=1S/C8H7N5OS/c9-11-8(14)13-12-5-1-2-7-6(3-5)10-4-15-7/h1-4H,9H2,(H,11,14). The van der Waals surface area contributed by atoms with E-state index in [1.807, 2.05) is 11.5 Å². The predicted molar refractivity (Wildman–Crippen MR) is 56.9 cm³/mol. The van der Waals surface area contributed by atoms with E-state index < -0.39 is 6.03 Å². The molecule has 0 fully saturated rings. The topological polar surface area (TPSA) is 92.7 Å². The molecule has 0 unspecified atom stereocenters. The van der Waals surface area contributed by atoms with Gasteiger partial charge in [0.2, 0.25) is 0 Å². The summed E-state index contributed by atoms with van der Waals surface area (Å²) in [7, 11) is 0. The number of azo groups is 1. The van der Waals surface area contributed by atoms with E-state index in [0.717, 1.165) is 10.2 Å². The number of thiazole rings is 1. The van der Waals surface area contributed by atoms with E-state index in [0.29, 0.717) is 5.69 Å². The third-order valence-electron chi connectivity index (χ3n) is 1.69. The molecule has 0 saturated carbocycles. The third kappa shape index (κ3) is 2.14. The zero-order valence-electron chi connectivity index (χ0n) is 7.54. The second-order valence-corrected chi connectivity index (χ2v) is 3.54. The van der Waals surface area contributed by atoms with Gasteiger partial charge in [0.15, 0.2) is 0 Å². The van der Waals surface area contributed by atoms with E-state index in [4.69, 9.17) is 5.84 Å².